The van der Waals surface area contributed by atoms with E-state index >= 15 is 0 Å². The summed E-state index contributed by atoms with van der Waals surface area (Å²) in [6, 6.07) is 16.8. The van der Waals surface area contributed by atoms with Gasteiger partial charge in [-0.3, -0.25) is 4.79 Å². The summed E-state index contributed by atoms with van der Waals surface area (Å²) >= 11 is 0. The first kappa shape index (κ1) is 25.3. The minimum absolute atomic E-state index is 0.214. The summed E-state index contributed by atoms with van der Waals surface area (Å²) in [5, 5.41) is 10.0. The molecular formula is C30H32O6. The number of aliphatic hydroxyl groups is 1. The van der Waals surface area contributed by atoms with Crippen LogP contribution < -0.4 is 18.9 Å². The second kappa shape index (κ2) is 10.9. The number of rotatable bonds is 10. The number of hydrogen-bond donors (Lipinski definition) is 1. The second-order valence-electron chi connectivity index (χ2n) is 9.19. The van der Waals surface area contributed by atoms with E-state index in [4.69, 9.17) is 18.9 Å². The average molecular weight is 489 g/mol. The number of ether oxygens (including phenoxy) is 4. The van der Waals surface area contributed by atoms with Crippen LogP contribution in [0.3, 0.4) is 0 Å². The quantitative estimate of drug-likeness (QED) is 0.358. The van der Waals surface area contributed by atoms with Crippen molar-refractivity contribution >= 4 is 11.9 Å². The van der Waals surface area contributed by atoms with Crippen LogP contribution in [0.5, 0.6) is 23.0 Å². The van der Waals surface area contributed by atoms with Crippen LogP contribution >= 0.6 is 0 Å². The Morgan fingerprint density at radius 2 is 1.81 bits per heavy atom. The maximum atomic E-state index is 13.3. The van der Waals surface area contributed by atoms with Gasteiger partial charge in [0.1, 0.15) is 35.2 Å². The van der Waals surface area contributed by atoms with Crippen LogP contribution in [0.25, 0.3) is 6.08 Å². The van der Waals surface area contributed by atoms with Crippen molar-refractivity contribution < 1.29 is 28.8 Å². The molecule has 0 radical (unpaired) electrons. The molecule has 0 saturated carbocycles. The Hall–Kier alpha value is -3.77. The molecule has 0 fully saturated rings. The third-order valence-corrected chi connectivity index (χ3v) is 5.94. The number of benzene rings is 3. The molecule has 0 spiro atoms. The van der Waals surface area contributed by atoms with E-state index in [2.05, 4.69) is 0 Å². The molecule has 0 bridgehead atoms. The van der Waals surface area contributed by atoms with E-state index in [1.165, 1.54) is 0 Å². The zero-order chi connectivity index (χ0) is 25.7. The molecule has 1 heterocycles. The number of fused-ring (bicyclic) bond motifs is 1. The Morgan fingerprint density at radius 1 is 1.03 bits per heavy atom. The third kappa shape index (κ3) is 5.71. The summed E-state index contributed by atoms with van der Waals surface area (Å²) in [7, 11) is 0. The fourth-order valence-electron chi connectivity index (χ4n) is 4.08. The molecule has 0 unspecified atom stereocenters. The molecule has 4 rings (SSSR count). The van der Waals surface area contributed by atoms with Gasteiger partial charge in [-0.1, -0.05) is 30.3 Å². The first-order valence-electron chi connectivity index (χ1n) is 12.1. The molecule has 3 aromatic rings. The van der Waals surface area contributed by atoms with E-state index < -0.39 is 5.60 Å². The van der Waals surface area contributed by atoms with E-state index in [1.54, 1.807) is 18.2 Å². The highest BCUT2D eigenvalue weighted by atomic mass is 16.5. The second-order valence-corrected chi connectivity index (χ2v) is 9.19. The van der Waals surface area contributed by atoms with Gasteiger partial charge in [-0.25, -0.2) is 0 Å². The van der Waals surface area contributed by atoms with Gasteiger partial charge in [0.05, 0.1) is 24.3 Å². The highest BCUT2D eigenvalue weighted by molar-refractivity contribution is 6.00. The van der Waals surface area contributed by atoms with Gasteiger partial charge in [0.25, 0.3) is 0 Å². The Kier molecular flexibility index (Phi) is 7.65. The monoisotopic (exact) mass is 488 g/mol. The Balaban J connectivity index is 1.59. The molecule has 1 aliphatic heterocycles. The topological polar surface area (TPSA) is 74.2 Å². The zero-order valence-electron chi connectivity index (χ0n) is 21.2. The van der Waals surface area contributed by atoms with Crippen molar-refractivity contribution in [3.8, 4) is 23.0 Å². The Labute approximate surface area is 212 Å². The van der Waals surface area contributed by atoms with Gasteiger partial charge in [0.2, 0.25) is 5.78 Å². The van der Waals surface area contributed by atoms with Gasteiger partial charge in [-0.05, 0) is 69.2 Å². The van der Waals surface area contributed by atoms with Gasteiger partial charge >= 0.3 is 0 Å². The molecule has 1 aliphatic rings. The predicted molar refractivity (Wildman–Crippen MR) is 139 cm³/mol. The zero-order valence-corrected chi connectivity index (χ0v) is 21.2. The molecule has 0 atom stereocenters. The van der Waals surface area contributed by atoms with E-state index in [-0.39, 0.29) is 19.0 Å². The fourth-order valence-corrected chi connectivity index (χ4v) is 4.08. The lowest BCUT2D eigenvalue weighted by Crippen LogP contribution is -2.28. The first-order chi connectivity index (χ1) is 17.3. The van der Waals surface area contributed by atoms with Crippen LogP contribution in [0, 0.1) is 6.92 Å². The van der Waals surface area contributed by atoms with Crippen molar-refractivity contribution in [1.29, 1.82) is 0 Å². The number of aryl methyl sites for hydroxylation is 1. The maximum Gasteiger partial charge on any atom is 0.203 e. The summed E-state index contributed by atoms with van der Waals surface area (Å²) in [6.45, 7) is 8.10. The lowest BCUT2D eigenvalue weighted by atomic mass is 9.97. The summed E-state index contributed by atoms with van der Waals surface area (Å²) < 4.78 is 23.8. The van der Waals surface area contributed by atoms with Gasteiger partial charge in [0.15, 0.2) is 6.61 Å². The molecule has 1 N–H and O–H groups in total. The number of ketones is 1. The van der Waals surface area contributed by atoms with Gasteiger partial charge in [0, 0.05) is 11.6 Å². The Morgan fingerprint density at radius 3 is 2.53 bits per heavy atom. The van der Waals surface area contributed by atoms with E-state index in [1.807, 2.05) is 76.2 Å². The van der Waals surface area contributed by atoms with Crippen LogP contribution in [-0.2, 0) is 13.2 Å². The van der Waals surface area contributed by atoms with Crippen molar-refractivity contribution in [1.82, 2.24) is 0 Å². The smallest absolute Gasteiger partial charge is 0.203 e. The summed E-state index contributed by atoms with van der Waals surface area (Å²) in [4.78, 5) is 13.3. The molecule has 0 amide bonds. The van der Waals surface area contributed by atoms with Crippen molar-refractivity contribution in [2.75, 3.05) is 13.2 Å². The molecule has 0 aliphatic carbocycles. The number of carbonyl (C=O) groups is 1. The summed E-state index contributed by atoms with van der Waals surface area (Å²) in [5.74, 6) is 1.91. The molecule has 0 saturated heterocycles. The summed E-state index contributed by atoms with van der Waals surface area (Å²) in [6.07, 6.45) is 3.85. The highest BCUT2D eigenvalue weighted by Gasteiger charge is 2.27. The minimum atomic E-state index is -0.458. The van der Waals surface area contributed by atoms with Crippen molar-refractivity contribution in [3.05, 3.63) is 88.5 Å². The lowest BCUT2D eigenvalue weighted by Gasteiger charge is -2.30. The average Bonchev–Trinajstić information content (AvgIpc) is 2.86. The van der Waals surface area contributed by atoms with E-state index in [9.17, 15) is 9.90 Å². The number of carbonyl (C=O) groups excluding carboxylic acids is 1. The van der Waals surface area contributed by atoms with Crippen LogP contribution in [0.1, 0.15) is 53.4 Å². The third-order valence-electron chi connectivity index (χ3n) is 5.94. The van der Waals surface area contributed by atoms with Crippen LogP contribution in [0.15, 0.2) is 60.7 Å². The molecular weight excluding hydrogens is 456 g/mol. The standard InChI is InChI=1S/C30H32O6/c1-5-33-22-11-12-23(27(16-22)34-18-21-9-7-6-8-10-21)26(32)19-35-29-24-13-14-30(3,4)36-28(24)15-20(2)25(29)17-31/h6-16,31H,5,17-19H2,1-4H3. The molecule has 6 nitrogen and oxygen atoms in total. The van der Waals surface area contributed by atoms with Gasteiger partial charge in [-0.2, -0.15) is 0 Å². The van der Waals surface area contributed by atoms with Gasteiger partial charge in [-0.15, -0.1) is 0 Å². The van der Waals surface area contributed by atoms with Gasteiger partial charge < -0.3 is 24.1 Å². The van der Waals surface area contributed by atoms with Crippen LogP contribution in [0.4, 0.5) is 0 Å². The Bertz CT molecular complexity index is 1260. The normalized spacial score (nSPS) is 13.5. The van der Waals surface area contributed by atoms with Crippen LogP contribution in [0.2, 0.25) is 0 Å². The summed E-state index contributed by atoms with van der Waals surface area (Å²) in [5.41, 5.74) is 3.10. The van der Waals surface area contributed by atoms with Crippen molar-refractivity contribution in [3.63, 3.8) is 0 Å². The molecule has 3 aromatic carbocycles. The first-order valence-corrected chi connectivity index (χ1v) is 12.1. The molecule has 188 valence electrons. The molecule has 0 aromatic heterocycles. The van der Waals surface area contributed by atoms with E-state index in [0.29, 0.717) is 52.9 Å². The predicted octanol–water partition coefficient (Wildman–Crippen LogP) is 5.91. The van der Waals surface area contributed by atoms with Crippen LogP contribution in [-0.4, -0.2) is 29.7 Å². The van der Waals surface area contributed by atoms with Crippen molar-refractivity contribution in [2.45, 2.75) is 46.5 Å². The number of Topliss-reactive ketones (excluding diaryl/α,β-unsaturated/α-hetero) is 1. The van der Waals surface area contributed by atoms with E-state index in [0.717, 1.165) is 11.1 Å². The lowest BCUT2D eigenvalue weighted by molar-refractivity contribution is 0.0912. The largest absolute Gasteiger partial charge is 0.494 e. The number of hydrogen-bond acceptors (Lipinski definition) is 6. The minimum Gasteiger partial charge on any atom is -0.494 e. The molecule has 36 heavy (non-hydrogen) atoms. The van der Waals surface area contributed by atoms with Crippen molar-refractivity contribution in [2.24, 2.45) is 0 Å². The SMILES string of the molecule is CCOc1ccc(C(=O)COc2c3c(cc(C)c2CO)OC(C)(C)C=C3)c(OCc2ccccc2)c1. The highest BCUT2D eigenvalue weighted by Crippen LogP contribution is 2.41. The fraction of sp³-hybridized carbons (Fsp3) is 0.300. The molecule has 6 heteroatoms. The maximum absolute atomic E-state index is 13.3. The number of aliphatic hydroxyl groups excluding tert-OH is 1.